The number of carbonyl (C=O) groups is 2. The van der Waals surface area contributed by atoms with Gasteiger partial charge in [0, 0.05) is 25.0 Å². The summed E-state index contributed by atoms with van der Waals surface area (Å²) in [6.45, 7) is 2.47. The van der Waals surface area contributed by atoms with E-state index in [9.17, 15) is 22.8 Å². The Morgan fingerprint density at radius 2 is 1.93 bits per heavy atom. The van der Waals surface area contributed by atoms with Gasteiger partial charge < -0.3 is 15.0 Å². The number of carbonyl (C=O) groups excluding carboxylic acids is 2. The van der Waals surface area contributed by atoms with E-state index in [1.807, 2.05) is 30.0 Å². The molecule has 2 aromatic rings. The number of esters is 1. The summed E-state index contributed by atoms with van der Waals surface area (Å²) in [4.78, 5) is 29.9. The molecule has 1 aliphatic rings. The molecule has 0 bridgehead atoms. The van der Waals surface area contributed by atoms with Crippen molar-refractivity contribution in [1.82, 2.24) is 4.98 Å². The van der Waals surface area contributed by atoms with Crippen molar-refractivity contribution in [1.29, 1.82) is 0 Å². The molecule has 1 N–H and O–H groups in total. The Kier molecular flexibility index (Phi) is 6.59. The normalized spacial score (nSPS) is 15.0. The topological polar surface area (TPSA) is 71.5 Å². The lowest BCUT2D eigenvalue weighted by Crippen LogP contribution is -2.38. The van der Waals surface area contributed by atoms with Crippen LogP contribution in [0.4, 0.5) is 24.7 Å². The van der Waals surface area contributed by atoms with Crippen LogP contribution in [0.5, 0.6) is 0 Å². The molecule has 1 fully saturated rings. The number of anilines is 2. The lowest BCUT2D eigenvalue weighted by atomic mass is 9.97. The van der Waals surface area contributed by atoms with Gasteiger partial charge in [-0.2, -0.15) is 13.2 Å². The van der Waals surface area contributed by atoms with Crippen LogP contribution >= 0.6 is 0 Å². The minimum atomic E-state index is -4.42. The fraction of sp³-hybridized carbons (Fsp3) is 0.381. The van der Waals surface area contributed by atoms with E-state index in [1.165, 1.54) is 6.07 Å². The Morgan fingerprint density at radius 3 is 2.53 bits per heavy atom. The molecule has 1 aromatic heterocycles. The van der Waals surface area contributed by atoms with Gasteiger partial charge in [-0.3, -0.25) is 9.59 Å². The van der Waals surface area contributed by atoms with E-state index in [0.717, 1.165) is 17.8 Å². The van der Waals surface area contributed by atoms with Gasteiger partial charge >= 0.3 is 12.1 Å². The number of hydrogen-bond donors (Lipinski definition) is 1. The summed E-state index contributed by atoms with van der Waals surface area (Å²) in [5, 5.41) is 2.67. The van der Waals surface area contributed by atoms with Gasteiger partial charge in [0.1, 0.15) is 5.82 Å². The van der Waals surface area contributed by atoms with Crippen molar-refractivity contribution in [3.05, 3.63) is 53.7 Å². The number of amides is 1. The molecule has 0 aliphatic carbocycles. The number of pyridine rings is 1. The molecule has 6 nitrogen and oxygen atoms in total. The van der Waals surface area contributed by atoms with Crippen molar-refractivity contribution in [2.24, 2.45) is 5.92 Å². The summed E-state index contributed by atoms with van der Waals surface area (Å²) in [6, 6.07) is 9.60. The fourth-order valence-electron chi connectivity index (χ4n) is 3.26. The second kappa shape index (κ2) is 9.15. The van der Waals surface area contributed by atoms with Gasteiger partial charge in [-0.1, -0.05) is 12.1 Å². The van der Waals surface area contributed by atoms with Crippen LogP contribution in [0.15, 0.2) is 42.6 Å². The molecule has 3 rings (SSSR count). The van der Waals surface area contributed by atoms with Gasteiger partial charge in [-0.25, -0.2) is 4.98 Å². The monoisotopic (exact) mass is 421 g/mol. The molecular formula is C21H22F3N3O3. The van der Waals surface area contributed by atoms with Gasteiger partial charge in [-0.15, -0.1) is 0 Å². The van der Waals surface area contributed by atoms with E-state index in [2.05, 4.69) is 10.3 Å². The molecule has 1 aromatic carbocycles. The minimum Gasteiger partial charge on any atom is -0.455 e. The lowest BCUT2D eigenvalue weighted by Gasteiger charge is -2.31. The van der Waals surface area contributed by atoms with Crippen LogP contribution < -0.4 is 10.2 Å². The molecule has 1 aliphatic heterocycles. The van der Waals surface area contributed by atoms with Gasteiger partial charge in [0.15, 0.2) is 6.61 Å². The van der Waals surface area contributed by atoms with Crippen molar-refractivity contribution in [2.45, 2.75) is 25.9 Å². The number of ether oxygens (including phenoxy) is 1. The number of nitrogens with one attached hydrogen (secondary N) is 1. The van der Waals surface area contributed by atoms with Crippen molar-refractivity contribution in [3.63, 3.8) is 0 Å². The SMILES string of the molecule is Cc1cccc(NC(=O)COC(=O)C2CCN(c3ccc(C(F)(F)F)cn3)CC2)c1. The molecule has 160 valence electrons. The first-order chi connectivity index (χ1) is 14.2. The Hall–Kier alpha value is -3.10. The van der Waals surface area contributed by atoms with Crippen LogP contribution in [0.3, 0.4) is 0 Å². The Labute approximate surface area is 172 Å². The van der Waals surface area contributed by atoms with E-state index < -0.39 is 23.6 Å². The molecule has 0 unspecified atom stereocenters. The molecule has 1 amide bonds. The van der Waals surface area contributed by atoms with Crippen LogP contribution in [0.2, 0.25) is 0 Å². The summed E-state index contributed by atoms with van der Waals surface area (Å²) in [5.74, 6) is -0.787. The fourth-order valence-corrected chi connectivity index (χ4v) is 3.26. The molecule has 0 saturated carbocycles. The van der Waals surface area contributed by atoms with E-state index in [0.29, 0.717) is 37.4 Å². The average Bonchev–Trinajstić information content (AvgIpc) is 2.71. The minimum absolute atomic E-state index is 0.359. The number of aryl methyl sites for hydroxylation is 1. The highest BCUT2D eigenvalue weighted by Gasteiger charge is 2.31. The summed E-state index contributed by atoms with van der Waals surface area (Å²) < 4.78 is 43.0. The van der Waals surface area contributed by atoms with Crippen molar-refractivity contribution in [3.8, 4) is 0 Å². The number of rotatable bonds is 5. The molecule has 0 spiro atoms. The number of aromatic nitrogens is 1. The van der Waals surface area contributed by atoms with E-state index in [4.69, 9.17) is 4.74 Å². The highest BCUT2D eigenvalue weighted by atomic mass is 19.4. The quantitative estimate of drug-likeness (QED) is 0.744. The van der Waals surface area contributed by atoms with Crippen molar-refractivity contribution in [2.75, 3.05) is 29.9 Å². The highest BCUT2D eigenvalue weighted by molar-refractivity contribution is 5.93. The molecule has 0 atom stereocenters. The van der Waals surface area contributed by atoms with E-state index >= 15 is 0 Å². The standard InChI is InChI=1S/C21H22F3N3O3/c1-14-3-2-4-17(11-14)26-19(28)13-30-20(29)15-7-9-27(10-8-15)18-6-5-16(12-25-18)21(22,23)24/h2-6,11-12,15H,7-10,13H2,1H3,(H,26,28). The average molecular weight is 421 g/mol. The third-order valence-corrected chi connectivity index (χ3v) is 4.87. The maximum Gasteiger partial charge on any atom is 0.417 e. The third kappa shape index (κ3) is 5.71. The van der Waals surface area contributed by atoms with Gasteiger partial charge in [-0.05, 0) is 49.6 Å². The molecule has 30 heavy (non-hydrogen) atoms. The predicted octanol–water partition coefficient (Wildman–Crippen LogP) is 3.81. The second-order valence-electron chi connectivity index (χ2n) is 7.19. The van der Waals surface area contributed by atoms with Crippen molar-refractivity contribution < 1.29 is 27.5 Å². The second-order valence-corrected chi connectivity index (χ2v) is 7.19. The first-order valence-electron chi connectivity index (χ1n) is 9.54. The number of halogens is 3. The zero-order valence-corrected chi connectivity index (χ0v) is 16.4. The number of alkyl halides is 3. The van der Waals surface area contributed by atoms with Crippen LogP contribution in [-0.4, -0.2) is 36.6 Å². The Morgan fingerprint density at radius 1 is 1.20 bits per heavy atom. The summed E-state index contributed by atoms with van der Waals surface area (Å²) >= 11 is 0. The molecular weight excluding hydrogens is 399 g/mol. The van der Waals surface area contributed by atoms with Gasteiger partial charge in [0.05, 0.1) is 11.5 Å². The first-order valence-corrected chi connectivity index (χ1v) is 9.54. The predicted molar refractivity (Wildman–Crippen MR) is 105 cm³/mol. The highest BCUT2D eigenvalue weighted by Crippen LogP contribution is 2.30. The first kappa shape index (κ1) is 21.6. The van der Waals surface area contributed by atoms with E-state index in [-0.39, 0.29) is 12.5 Å². The zero-order chi connectivity index (χ0) is 21.7. The number of benzene rings is 1. The maximum absolute atomic E-state index is 12.6. The van der Waals surface area contributed by atoms with Gasteiger partial charge in [0.2, 0.25) is 0 Å². The van der Waals surface area contributed by atoms with Crippen LogP contribution in [0.25, 0.3) is 0 Å². The smallest absolute Gasteiger partial charge is 0.417 e. The third-order valence-electron chi connectivity index (χ3n) is 4.87. The number of nitrogens with zero attached hydrogens (tertiary/aromatic N) is 2. The van der Waals surface area contributed by atoms with Crippen LogP contribution in [-0.2, 0) is 20.5 Å². The summed E-state index contributed by atoms with van der Waals surface area (Å²) in [5.41, 5.74) is 0.834. The Bertz CT molecular complexity index is 892. The largest absolute Gasteiger partial charge is 0.455 e. The zero-order valence-electron chi connectivity index (χ0n) is 16.4. The van der Waals surface area contributed by atoms with E-state index in [1.54, 1.807) is 6.07 Å². The molecule has 9 heteroatoms. The molecule has 2 heterocycles. The molecule has 0 radical (unpaired) electrons. The summed E-state index contributed by atoms with van der Waals surface area (Å²) in [6.07, 6.45) is -2.67. The summed E-state index contributed by atoms with van der Waals surface area (Å²) in [7, 11) is 0. The Balaban J connectivity index is 1.44. The number of hydrogen-bond acceptors (Lipinski definition) is 5. The van der Waals surface area contributed by atoms with Crippen LogP contribution in [0, 0.1) is 12.8 Å². The van der Waals surface area contributed by atoms with Crippen LogP contribution in [0.1, 0.15) is 24.0 Å². The van der Waals surface area contributed by atoms with Gasteiger partial charge in [0.25, 0.3) is 5.91 Å². The molecule has 1 saturated heterocycles. The maximum atomic E-state index is 12.6. The lowest BCUT2D eigenvalue weighted by molar-refractivity contribution is -0.152. The van der Waals surface area contributed by atoms with Crippen molar-refractivity contribution >= 4 is 23.4 Å². The number of piperidine rings is 1.